The van der Waals surface area contributed by atoms with E-state index in [9.17, 15) is 0 Å². The molecule has 0 aromatic heterocycles. The van der Waals surface area contributed by atoms with Crippen LogP contribution in [0.1, 0.15) is 12.0 Å². The zero-order valence-electron chi connectivity index (χ0n) is 8.73. The topological polar surface area (TPSA) is 24.1 Å². The van der Waals surface area contributed by atoms with Crippen molar-refractivity contribution in [2.75, 3.05) is 25.5 Å². The van der Waals surface area contributed by atoms with Crippen LogP contribution < -0.4 is 10.6 Å². The minimum absolute atomic E-state index is 1.01. The molecule has 2 N–H and O–H groups in total. The summed E-state index contributed by atoms with van der Waals surface area (Å²) in [5.41, 5.74) is 2.51. The molecular weight excluding hydrogens is 240 g/mol. The molecule has 1 aromatic rings. The molecular formula is C11H17BrN2. The Morgan fingerprint density at radius 3 is 2.79 bits per heavy atom. The van der Waals surface area contributed by atoms with Gasteiger partial charge in [-0.25, -0.2) is 0 Å². The minimum Gasteiger partial charge on any atom is -0.385 e. The first-order chi connectivity index (χ1) is 6.74. The van der Waals surface area contributed by atoms with Crippen LogP contribution in [0.5, 0.6) is 0 Å². The third-order valence-electron chi connectivity index (χ3n) is 2.12. The lowest BCUT2D eigenvalue weighted by atomic mass is 10.2. The molecule has 0 heterocycles. The summed E-state index contributed by atoms with van der Waals surface area (Å²) in [5, 5.41) is 6.55. The van der Waals surface area contributed by atoms with Gasteiger partial charge in [0.1, 0.15) is 0 Å². The fourth-order valence-corrected chi connectivity index (χ4v) is 1.63. The molecule has 1 aromatic carbocycles. The van der Waals surface area contributed by atoms with E-state index >= 15 is 0 Å². The fourth-order valence-electron chi connectivity index (χ4n) is 1.27. The maximum absolute atomic E-state index is 3.47. The van der Waals surface area contributed by atoms with Crippen molar-refractivity contribution in [1.29, 1.82) is 0 Å². The molecule has 3 heteroatoms. The molecule has 14 heavy (non-hydrogen) atoms. The molecule has 1 rings (SSSR count). The Hall–Kier alpha value is -0.540. The zero-order valence-corrected chi connectivity index (χ0v) is 10.3. The summed E-state index contributed by atoms with van der Waals surface area (Å²) in [4.78, 5) is 0. The highest BCUT2D eigenvalue weighted by molar-refractivity contribution is 9.10. The van der Waals surface area contributed by atoms with Crippen molar-refractivity contribution >= 4 is 21.6 Å². The van der Waals surface area contributed by atoms with Crippen LogP contribution in [0.4, 0.5) is 5.69 Å². The number of benzene rings is 1. The summed E-state index contributed by atoms with van der Waals surface area (Å²) in [7, 11) is 1.98. The molecule has 0 aliphatic carbocycles. The van der Waals surface area contributed by atoms with E-state index in [0.29, 0.717) is 0 Å². The van der Waals surface area contributed by atoms with Crippen LogP contribution in [0.25, 0.3) is 0 Å². The third kappa shape index (κ3) is 3.68. The molecule has 78 valence electrons. The molecule has 0 fully saturated rings. The Labute approximate surface area is 94.2 Å². The molecule has 2 nitrogen and oxygen atoms in total. The fraction of sp³-hybridized carbons (Fsp3) is 0.455. The summed E-state index contributed by atoms with van der Waals surface area (Å²) in [6.07, 6.45) is 1.14. The SMILES string of the molecule is CNCCCNc1cc(Br)ccc1C. The first-order valence-corrected chi connectivity index (χ1v) is 5.68. The van der Waals surface area contributed by atoms with Gasteiger partial charge in [-0.05, 0) is 44.6 Å². The quantitative estimate of drug-likeness (QED) is 0.792. The molecule has 0 atom stereocenters. The van der Waals surface area contributed by atoms with Crippen LogP contribution in [-0.2, 0) is 0 Å². The number of rotatable bonds is 5. The summed E-state index contributed by atoms with van der Waals surface area (Å²) in [5.74, 6) is 0. The van der Waals surface area contributed by atoms with Crippen molar-refractivity contribution in [1.82, 2.24) is 5.32 Å². The maximum Gasteiger partial charge on any atom is 0.0381 e. The Kier molecular flexibility index (Phi) is 4.98. The van der Waals surface area contributed by atoms with Gasteiger partial charge in [0.15, 0.2) is 0 Å². The predicted octanol–water partition coefficient (Wildman–Crippen LogP) is 2.78. The monoisotopic (exact) mass is 256 g/mol. The first kappa shape index (κ1) is 11.5. The van der Waals surface area contributed by atoms with Crippen molar-refractivity contribution in [2.24, 2.45) is 0 Å². The van der Waals surface area contributed by atoms with E-state index in [1.165, 1.54) is 11.3 Å². The standard InChI is InChI=1S/C11H17BrN2/c1-9-4-5-10(12)8-11(9)14-7-3-6-13-2/h4-5,8,13-14H,3,6-7H2,1-2H3. The molecule has 0 spiro atoms. The smallest absolute Gasteiger partial charge is 0.0381 e. The number of aryl methyl sites for hydroxylation is 1. The van der Waals surface area contributed by atoms with Gasteiger partial charge in [-0.15, -0.1) is 0 Å². The van der Waals surface area contributed by atoms with Gasteiger partial charge in [0.05, 0.1) is 0 Å². The van der Waals surface area contributed by atoms with E-state index in [-0.39, 0.29) is 0 Å². The highest BCUT2D eigenvalue weighted by atomic mass is 79.9. The molecule has 0 radical (unpaired) electrons. The van der Waals surface area contributed by atoms with E-state index < -0.39 is 0 Å². The van der Waals surface area contributed by atoms with Crippen molar-refractivity contribution < 1.29 is 0 Å². The van der Waals surface area contributed by atoms with Gasteiger partial charge in [0.25, 0.3) is 0 Å². The van der Waals surface area contributed by atoms with Gasteiger partial charge in [-0.2, -0.15) is 0 Å². The van der Waals surface area contributed by atoms with Crippen molar-refractivity contribution in [3.8, 4) is 0 Å². The van der Waals surface area contributed by atoms with Crippen LogP contribution in [0, 0.1) is 6.92 Å². The second kappa shape index (κ2) is 6.04. The second-order valence-corrected chi connectivity index (χ2v) is 4.26. The van der Waals surface area contributed by atoms with Gasteiger partial charge >= 0.3 is 0 Å². The van der Waals surface area contributed by atoms with E-state index in [1.54, 1.807) is 0 Å². The zero-order chi connectivity index (χ0) is 10.4. The Morgan fingerprint density at radius 2 is 2.07 bits per heavy atom. The number of nitrogens with one attached hydrogen (secondary N) is 2. The average molecular weight is 257 g/mol. The average Bonchev–Trinajstić information content (AvgIpc) is 2.18. The summed E-state index contributed by atoms with van der Waals surface area (Å²) in [6.45, 7) is 4.19. The highest BCUT2D eigenvalue weighted by Gasteiger charge is 1.97. The normalized spacial score (nSPS) is 10.2. The molecule has 0 unspecified atom stereocenters. The van der Waals surface area contributed by atoms with Gasteiger partial charge in [0.2, 0.25) is 0 Å². The van der Waals surface area contributed by atoms with E-state index in [2.05, 4.69) is 51.7 Å². The van der Waals surface area contributed by atoms with E-state index in [1.807, 2.05) is 7.05 Å². The van der Waals surface area contributed by atoms with Gasteiger partial charge in [0, 0.05) is 16.7 Å². The number of halogens is 1. The summed E-state index contributed by atoms with van der Waals surface area (Å²) < 4.78 is 1.12. The second-order valence-electron chi connectivity index (χ2n) is 3.34. The van der Waals surface area contributed by atoms with Crippen LogP contribution in [0.2, 0.25) is 0 Å². The third-order valence-corrected chi connectivity index (χ3v) is 2.61. The number of hydrogen-bond donors (Lipinski definition) is 2. The molecule has 0 amide bonds. The Morgan fingerprint density at radius 1 is 1.29 bits per heavy atom. The predicted molar refractivity (Wildman–Crippen MR) is 65.9 cm³/mol. The molecule has 0 aliphatic heterocycles. The van der Waals surface area contributed by atoms with Crippen LogP contribution in [0.3, 0.4) is 0 Å². The number of hydrogen-bond acceptors (Lipinski definition) is 2. The molecule has 0 saturated carbocycles. The van der Waals surface area contributed by atoms with Crippen molar-refractivity contribution in [3.05, 3.63) is 28.2 Å². The van der Waals surface area contributed by atoms with Crippen LogP contribution in [-0.4, -0.2) is 20.1 Å². The van der Waals surface area contributed by atoms with Crippen LogP contribution >= 0.6 is 15.9 Å². The summed E-state index contributed by atoms with van der Waals surface area (Å²) in [6, 6.07) is 6.30. The molecule has 0 aliphatic rings. The van der Waals surface area contributed by atoms with E-state index in [4.69, 9.17) is 0 Å². The largest absolute Gasteiger partial charge is 0.385 e. The maximum atomic E-state index is 3.47. The van der Waals surface area contributed by atoms with E-state index in [0.717, 1.165) is 24.0 Å². The van der Waals surface area contributed by atoms with Crippen molar-refractivity contribution in [2.45, 2.75) is 13.3 Å². The Balaban J connectivity index is 2.45. The summed E-state index contributed by atoms with van der Waals surface area (Å²) >= 11 is 3.47. The van der Waals surface area contributed by atoms with Gasteiger partial charge in [-0.1, -0.05) is 22.0 Å². The lowest BCUT2D eigenvalue weighted by Crippen LogP contribution is -2.13. The molecule has 0 bridgehead atoms. The minimum atomic E-state index is 1.01. The van der Waals surface area contributed by atoms with Gasteiger partial charge in [-0.3, -0.25) is 0 Å². The van der Waals surface area contributed by atoms with Crippen LogP contribution in [0.15, 0.2) is 22.7 Å². The lowest BCUT2D eigenvalue weighted by Gasteiger charge is -2.09. The Bertz CT molecular complexity index is 287. The van der Waals surface area contributed by atoms with Crippen molar-refractivity contribution in [3.63, 3.8) is 0 Å². The van der Waals surface area contributed by atoms with Gasteiger partial charge < -0.3 is 10.6 Å². The molecule has 0 saturated heterocycles. The highest BCUT2D eigenvalue weighted by Crippen LogP contribution is 2.20. The first-order valence-electron chi connectivity index (χ1n) is 4.88. The lowest BCUT2D eigenvalue weighted by molar-refractivity contribution is 0.748. The number of anilines is 1.